The summed E-state index contributed by atoms with van der Waals surface area (Å²) in [5.74, 6) is -0.487. The van der Waals surface area contributed by atoms with Crippen LogP contribution in [0.2, 0.25) is 5.02 Å². The number of nitrogens with one attached hydrogen (secondary N) is 1. The molecule has 0 bridgehead atoms. The van der Waals surface area contributed by atoms with E-state index in [2.05, 4.69) is 5.32 Å². The van der Waals surface area contributed by atoms with Crippen molar-refractivity contribution in [3.8, 4) is 0 Å². The number of hydrogen-bond donors (Lipinski definition) is 1. The van der Waals surface area contributed by atoms with Gasteiger partial charge in [0.15, 0.2) is 0 Å². The van der Waals surface area contributed by atoms with E-state index in [0.29, 0.717) is 23.8 Å². The SMILES string of the molecule is COC(=O)C1CCCN(C(=O)Nc2ccc(Cl)cc2)C1. The number of nitrogens with zero attached hydrogens (tertiary/aromatic N) is 1. The summed E-state index contributed by atoms with van der Waals surface area (Å²) in [5, 5.41) is 3.41. The van der Waals surface area contributed by atoms with E-state index in [1.165, 1.54) is 7.11 Å². The van der Waals surface area contributed by atoms with Crippen LogP contribution in [-0.4, -0.2) is 37.1 Å². The Balaban J connectivity index is 1.95. The molecule has 2 rings (SSSR count). The van der Waals surface area contributed by atoms with Crippen molar-refractivity contribution in [2.45, 2.75) is 12.8 Å². The van der Waals surface area contributed by atoms with E-state index in [1.807, 2.05) is 0 Å². The van der Waals surface area contributed by atoms with Crippen molar-refractivity contribution in [3.05, 3.63) is 29.3 Å². The number of benzene rings is 1. The van der Waals surface area contributed by atoms with Gasteiger partial charge in [-0.05, 0) is 37.1 Å². The number of piperidine rings is 1. The molecule has 0 spiro atoms. The van der Waals surface area contributed by atoms with Gasteiger partial charge in [0.05, 0.1) is 13.0 Å². The molecule has 1 fully saturated rings. The Morgan fingerprint density at radius 2 is 2.05 bits per heavy atom. The highest BCUT2D eigenvalue weighted by molar-refractivity contribution is 6.30. The molecule has 1 N–H and O–H groups in total. The van der Waals surface area contributed by atoms with Crippen LogP contribution in [0, 0.1) is 5.92 Å². The third-order valence-corrected chi connectivity index (χ3v) is 3.59. The number of methoxy groups -OCH3 is 1. The van der Waals surface area contributed by atoms with Gasteiger partial charge in [0.2, 0.25) is 0 Å². The van der Waals surface area contributed by atoms with E-state index in [-0.39, 0.29) is 17.9 Å². The van der Waals surface area contributed by atoms with E-state index in [1.54, 1.807) is 29.2 Å². The van der Waals surface area contributed by atoms with Gasteiger partial charge in [-0.3, -0.25) is 4.79 Å². The molecule has 5 nitrogen and oxygen atoms in total. The quantitative estimate of drug-likeness (QED) is 0.854. The van der Waals surface area contributed by atoms with Gasteiger partial charge >= 0.3 is 12.0 Å². The molecule has 6 heteroatoms. The molecule has 0 saturated carbocycles. The number of halogens is 1. The Hall–Kier alpha value is -1.75. The summed E-state index contributed by atoms with van der Waals surface area (Å²) < 4.78 is 4.74. The number of ether oxygens (including phenoxy) is 1. The second-order valence-corrected chi connectivity index (χ2v) is 5.18. The zero-order valence-electron chi connectivity index (χ0n) is 11.3. The number of rotatable bonds is 2. The van der Waals surface area contributed by atoms with Crippen LogP contribution >= 0.6 is 11.6 Å². The van der Waals surface area contributed by atoms with Gasteiger partial charge in [-0.1, -0.05) is 11.6 Å². The summed E-state index contributed by atoms with van der Waals surface area (Å²) in [6.45, 7) is 1.04. The fourth-order valence-electron chi connectivity index (χ4n) is 2.26. The zero-order valence-corrected chi connectivity index (χ0v) is 12.0. The van der Waals surface area contributed by atoms with Crippen molar-refractivity contribution in [1.82, 2.24) is 4.90 Å². The molecule has 1 aliphatic heterocycles. The summed E-state index contributed by atoms with van der Waals surface area (Å²) >= 11 is 5.79. The molecule has 20 heavy (non-hydrogen) atoms. The zero-order chi connectivity index (χ0) is 14.5. The number of amides is 2. The Morgan fingerprint density at radius 3 is 2.70 bits per heavy atom. The number of esters is 1. The summed E-state index contributed by atoms with van der Waals surface area (Å²) in [5.41, 5.74) is 0.680. The molecule has 1 aliphatic rings. The third-order valence-electron chi connectivity index (χ3n) is 3.34. The normalized spacial score (nSPS) is 18.5. The standard InChI is InChI=1S/C14H17ClN2O3/c1-20-13(18)10-3-2-8-17(9-10)14(19)16-12-6-4-11(15)5-7-12/h4-7,10H,2-3,8-9H2,1H3,(H,16,19). The minimum atomic E-state index is -0.256. The van der Waals surface area contributed by atoms with Gasteiger partial charge in [0.1, 0.15) is 0 Å². The average molecular weight is 297 g/mol. The molecule has 1 aromatic rings. The molecular weight excluding hydrogens is 280 g/mol. The van der Waals surface area contributed by atoms with E-state index < -0.39 is 0 Å². The second-order valence-electron chi connectivity index (χ2n) is 4.75. The van der Waals surface area contributed by atoms with E-state index in [9.17, 15) is 9.59 Å². The fraction of sp³-hybridized carbons (Fsp3) is 0.429. The lowest BCUT2D eigenvalue weighted by atomic mass is 9.98. The third kappa shape index (κ3) is 3.63. The Morgan fingerprint density at radius 1 is 1.35 bits per heavy atom. The first-order chi connectivity index (χ1) is 9.60. The predicted molar refractivity (Wildman–Crippen MR) is 76.8 cm³/mol. The first-order valence-corrected chi connectivity index (χ1v) is 6.87. The predicted octanol–water partition coefficient (Wildman–Crippen LogP) is 2.76. The number of urea groups is 1. The number of hydrogen-bond acceptors (Lipinski definition) is 3. The van der Waals surface area contributed by atoms with Crippen LogP contribution in [0.1, 0.15) is 12.8 Å². The summed E-state index contributed by atoms with van der Waals surface area (Å²) in [7, 11) is 1.37. The Kier molecular flexibility index (Phi) is 4.84. The number of likely N-dealkylation sites (tertiary alicyclic amines) is 1. The van der Waals surface area contributed by atoms with Crippen molar-refractivity contribution in [2.75, 3.05) is 25.5 Å². The molecule has 1 aromatic carbocycles. The summed E-state index contributed by atoms with van der Waals surface area (Å²) in [6.07, 6.45) is 1.56. The largest absolute Gasteiger partial charge is 0.469 e. The van der Waals surface area contributed by atoms with Crippen molar-refractivity contribution < 1.29 is 14.3 Å². The molecule has 108 valence electrons. The number of carbonyl (C=O) groups is 2. The minimum absolute atomic E-state index is 0.207. The molecule has 0 aliphatic carbocycles. The second kappa shape index (κ2) is 6.61. The molecule has 1 heterocycles. The van der Waals surface area contributed by atoms with E-state index >= 15 is 0 Å². The van der Waals surface area contributed by atoms with E-state index in [4.69, 9.17) is 16.3 Å². The van der Waals surface area contributed by atoms with Crippen LogP contribution < -0.4 is 5.32 Å². The number of anilines is 1. The molecule has 1 saturated heterocycles. The Bertz CT molecular complexity index is 490. The Labute approximate surface area is 122 Å². The fourth-order valence-corrected chi connectivity index (χ4v) is 2.38. The average Bonchev–Trinajstić information content (AvgIpc) is 2.49. The van der Waals surface area contributed by atoms with Gasteiger partial charge in [-0.15, -0.1) is 0 Å². The molecule has 1 unspecified atom stereocenters. The molecular formula is C14H17ClN2O3. The van der Waals surface area contributed by atoms with Crippen molar-refractivity contribution in [1.29, 1.82) is 0 Å². The van der Waals surface area contributed by atoms with Gasteiger partial charge < -0.3 is 15.0 Å². The lowest BCUT2D eigenvalue weighted by molar-refractivity contribution is -0.146. The molecule has 1 atom stereocenters. The van der Waals surface area contributed by atoms with Crippen LogP contribution in [0.25, 0.3) is 0 Å². The van der Waals surface area contributed by atoms with Crippen molar-refractivity contribution in [2.24, 2.45) is 5.92 Å². The maximum Gasteiger partial charge on any atom is 0.321 e. The number of carbonyl (C=O) groups excluding carboxylic acids is 2. The lowest BCUT2D eigenvalue weighted by Crippen LogP contribution is -2.44. The topological polar surface area (TPSA) is 58.6 Å². The van der Waals surface area contributed by atoms with Crippen molar-refractivity contribution in [3.63, 3.8) is 0 Å². The molecule has 2 amide bonds. The minimum Gasteiger partial charge on any atom is -0.469 e. The lowest BCUT2D eigenvalue weighted by Gasteiger charge is -2.31. The monoisotopic (exact) mass is 296 g/mol. The summed E-state index contributed by atoms with van der Waals surface area (Å²) in [6, 6.07) is 6.69. The van der Waals surface area contributed by atoms with Gasteiger partial charge in [-0.25, -0.2) is 4.79 Å². The van der Waals surface area contributed by atoms with Gasteiger partial charge in [0, 0.05) is 23.8 Å². The van der Waals surface area contributed by atoms with Crippen LogP contribution in [0.4, 0.5) is 10.5 Å². The van der Waals surface area contributed by atoms with Gasteiger partial charge in [-0.2, -0.15) is 0 Å². The highest BCUT2D eigenvalue weighted by Gasteiger charge is 2.28. The smallest absolute Gasteiger partial charge is 0.321 e. The van der Waals surface area contributed by atoms with Crippen molar-refractivity contribution >= 4 is 29.3 Å². The van der Waals surface area contributed by atoms with Gasteiger partial charge in [0.25, 0.3) is 0 Å². The summed E-state index contributed by atoms with van der Waals surface area (Å²) in [4.78, 5) is 25.3. The van der Waals surface area contributed by atoms with Crippen LogP contribution in [-0.2, 0) is 9.53 Å². The maximum atomic E-state index is 12.1. The van der Waals surface area contributed by atoms with Crippen LogP contribution in [0.5, 0.6) is 0 Å². The first-order valence-electron chi connectivity index (χ1n) is 6.49. The highest BCUT2D eigenvalue weighted by Crippen LogP contribution is 2.19. The molecule has 0 radical (unpaired) electrons. The highest BCUT2D eigenvalue weighted by atomic mass is 35.5. The van der Waals surface area contributed by atoms with Crippen LogP contribution in [0.3, 0.4) is 0 Å². The first kappa shape index (κ1) is 14.7. The van der Waals surface area contributed by atoms with Crippen LogP contribution in [0.15, 0.2) is 24.3 Å². The maximum absolute atomic E-state index is 12.1. The van der Waals surface area contributed by atoms with E-state index in [0.717, 1.165) is 12.8 Å². The molecule has 0 aromatic heterocycles.